The third-order valence-corrected chi connectivity index (χ3v) is 3.73. The van der Waals surface area contributed by atoms with Crippen molar-refractivity contribution < 1.29 is 0 Å². The molecule has 0 atom stereocenters. The Bertz CT molecular complexity index is 369. The highest BCUT2D eigenvalue weighted by molar-refractivity contribution is 5.55. The van der Waals surface area contributed by atoms with Crippen LogP contribution in [-0.2, 0) is 0 Å². The van der Waals surface area contributed by atoms with Crippen LogP contribution in [0.15, 0.2) is 18.5 Å². The van der Waals surface area contributed by atoms with E-state index in [1.54, 1.807) is 0 Å². The van der Waals surface area contributed by atoms with Gasteiger partial charge >= 0.3 is 0 Å². The Morgan fingerprint density at radius 3 is 2.35 bits per heavy atom. The molecule has 0 aliphatic heterocycles. The molecule has 0 unspecified atom stereocenters. The van der Waals surface area contributed by atoms with Crippen LogP contribution >= 0.6 is 0 Å². The van der Waals surface area contributed by atoms with Crippen LogP contribution < -0.4 is 10.2 Å². The first-order chi connectivity index (χ1) is 8.35. The van der Waals surface area contributed by atoms with Gasteiger partial charge in [0.1, 0.15) is 0 Å². The summed E-state index contributed by atoms with van der Waals surface area (Å²) in [6, 6.07) is 2.22. The van der Waals surface area contributed by atoms with Crippen LogP contribution in [0.5, 0.6) is 0 Å². The largest absolute Gasteiger partial charge is 0.387 e. The van der Waals surface area contributed by atoms with E-state index in [4.69, 9.17) is 0 Å². The summed E-state index contributed by atoms with van der Waals surface area (Å²) in [5, 5.41) is 3.17. The zero-order valence-corrected chi connectivity index (χ0v) is 10.5. The lowest BCUT2D eigenvalue weighted by atomic mass is 10.2. The summed E-state index contributed by atoms with van der Waals surface area (Å²) >= 11 is 0. The maximum atomic E-state index is 4.33. The Morgan fingerprint density at radius 2 is 1.82 bits per heavy atom. The van der Waals surface area contributed by atoms with E-state index < -0.39 is 0 Å². The molecule has 2 fully saturated rings. The van der Waals surface area contributed by atoms with Gasteiger partial charge < -0.3 is 10.2 Å². The van der Waals surface area contributed by atoms with Crippen LogP contribution in [-0.4, -0.2) is 25.1 Å². The highest BCUT2D eigenvalue weighted by Gasteiger charge is 2.29. The fraction of sp³-hybridized carbons (Fsp3) is 0.643. The molecular weight excluding hydrogens is 210 g/mol. The van der Waals surface area contributed by atoms with Gasteiger partial charge in [0.2, 0.25) is 0 Å². The Kier molecular flexibility index (Phi) is 2.91. The predicted molar refractivity (Wildman–Crippen MR) is 71.4 cm³/mol. The molecule has 3 nitrogen and oxygen atoms in total. The molecular formula is C14H21N3. The second-order valence-corrected chi connectivity index (χ2v) is 5.47. The Hall–Kier alpha value is -1.25. The molecule has 0 saturated heterocycles. The number of rotatable bonds is 6. The molecule has 0 aromatic carbocycles. The number of anilines is 2. The first-order valence-electron chi connectivity index (χ1n) is 6.73. The summed E-state index contributed by atoms with van der Waals surface area (Å²) < 4.78 is 0. The number of nitrogens with one attached hydrogen (secondary N) is 1. The third kappa shape index (κ3) is 2.90. The minimum atomic E-state index is 0.937. The molecule has 1 N–H and O–H groups in total. The molecule has 3 heteroatoms. The van der Waals surface area contributed by atoms with Gasteiger partial charge in [-0.3, -0.25) is 4.98 Å². The number of nitrogens with zero attached hydrogens (tertiary/aromatic N) is 2. The Balaban J connectivity index is 1.73. The monoisotopic (exact) mass is 231 g/mol. The van der Waals surface area contributed by atoms with Crippen LogP contribution in [0, 0.1) is 11.8 Å². The number of aromatic nitrogens is 1. The average Bonchev–Trinajstić information content (AvgIpc) is 3.23. The second-order valence-electron chi connectivity index (χ2n) is 5.47. The molecule has 2 saturated carbocycles. The Labute approximate surface area is 103 Å². The van der Waals surface area contributed by atoms with Crippen molar-refractivity contribution in [2.24, 2.45) is 11.8 Å². The first-order valence-corrected chi connectivity index (χ1v) is 6.73. The molecule has 92 valence electrons. The van der Waals surface area contributed by atoms with Gasteiger partial charge in [0.15, 0.2) is 0 Å². The normalized spacial score (nSPS) is 19.1. The maximum Gasteiger partial charge on any atom is 0.0573 e. The van der Waals surface area contributed by atoms with Crippen molar-refractivity contribution in [2.45, 2.75) is 25.7 Å². The summed E-state index contributed by atoms with van der Waals surface area (Å²) in [7, 11) is 1.95. The summed E-state index contributed by atoms with van der Waals surface area (Å²) in [5.41, 5.74) is 2.40. The zero-order chi connectivity index (χ0) is 11.7. The van der Waals surface area contributed by atoms with E-state index in [1.165, 1.54) is 44.5 Å². The van der Waals surface area contributed by atoms with E-state index in [0.717, 1.165) is 17.5 Å². The van der Waals surface area contributed by atoms with Gasteiger partial charge in [0, 0.05) is 20.1 Å². The summed E-state index contributed by atoms with van der Waals surface area (Å²) in [6.45, 7) is 2.46. The zero-order valence-electron chi connectivity index (χ0n) is 10.5. The van der Waals surface area contributed by atoms with Crippen LogP contribution in [0.2, 0.25) is 0 Å². The third-order valence-electron chi connectivity index (χ3n) is 3.73. The molecule has 1 heterocycles. The van der Waals surface area contributed by atoms with Crippen molar-refractivity contribution in [2.75, 3.05) is 30.4 Å². The number of hydrogen-bond acceptors (Lipinski definition) is 3. The molecule has 0 bridgehead atoms. The fourth-order valence-electron chi connectivity index (χ4n) is 2.25. The standard InChI is InChI=1S/C14H21N3/c1-15-13-6-14(8-16-7-13)17(9-11-2-3-11)10-12-4-5-12/h6-8,11-12,15H,2-5,9-10H2,1H3. The van der Waals surface area contributed by atoms with Gasteiger partial charge in [-0.25, -0.2) is 0 Å². The van der Waals surface area contributed by atoms with Crippen LogP contribution in [0.4, 0.5) is 11.4 Å². The van der Waals surface area contributed by atoms with E-state index in [-0.39, 0.29) is 0 Å². The maximum absolute atomic E-state index is 4.33. The minimum absolute atomic E-state index is 0.937. The molecule has 2 aliphatic rings. The molecule has 1 aromatic rings. The smallest absolute Gasteiger partial charge is 0.0573 e. The first kappa shape index (κ1) is 10.9. The van der Waals surface area contributed by atoms with Crippen molar-refractivity contribution in [1.29, 1.82) is 0 Å². The molecule has 17 heavy (non-hydrogen) atoms. The van der Waals surface area contributed by atoms with Crippen molar-refractivity contribution in [1.82, 2.24) is 4.98 Å². The summed E-state index contributed by atoms with van der Waals surface area (Å²) in [4.78, 5) is 6.87. The average molecular weight is 231 g/mol. The van der Waals surface area contributed by atoms with Crippen LogP contribution in [0.3, 0.4) is 0 Å². The van der Waals surface area contributed by atoms with E-state index in [0.29, 0.717) is 0 Å². The Morgan fingerprint density at radius 1 is 1.18 bits per heavy atom. The highest BCUT2D eigenvalue weighted by atomic mass is 15.1. The van der Waals surface area contributed by atoms with Gasteiger partial charge in [-0.2, -0.15) is 0 Å². The van der Waals surface area contributed by atoms with E-state index in [9.17, 15) is 0 Å². The van der Waals surface area contributed by atoms with E-state index >= 15 is 0 Å². The van der Waals surface area contributed by atoms with E-state index in [1.807, 2.05) is 19.4 Å². The molecule has 0 spiro atoms. The quantitative estimate of drug-likeness (QED) is 0.816. The van der Waals surface area contributed by atoms with Gasteiger partial charge in [-0.1, -0.05) is 0 Å². The molecule has 2 aliphatic carbocycles. The van der Waals surface area contributed by atoms with Gasteiger partial charge in [-0.15, -0.1) is 0 Å². The minimum Gasteiger partial charge on any atom is -0.387 e. The highest BCUT2D eigenvalue weighted by Crippen LogP contribution is 2.35. The van der Waals surface area contributed by atoms with Crippen molar-refractivity contribution in [3.8, 4) is 0 Å². The molecule has 0 radical (unpaired) electrons. The van der Waals surface area contributed by atoms with Crippen molar-refractivity contribution >= 4 is 11.4 Å². The van der Waals surface area contributed by atoms with Gasteiger partial charge in [0.05, 0.1) is 23.8 Å². The summed E-state index contributed by atoms with van der Waals surface area (Å²) in [5.74, 6) is 1.87. The van der Waals surface area contributed by atoms with Gasteiger partial charge in [-0.05, 0) is 43.6 Å². The SMILES string of the molecule is CNc1cncc(N(CC2CC2)CC2CC2)c1. The lowest BCUT2D eigenvalue weighted by Crippen LogP contribution is -2.28. The molecule has 1 aromatic heterocycles. The van der Waals surface area contributed by atoms with Crippen LogP contribution in [0.1, 0.15) is 25.7 Å². The second kappa shape index (κ2) is 4.55. The summed E-state index contributed by atoms with van der Waals surface area (Å²) in [6.07, 6.45) is 9.56. The lowest BCUT2D eigenvalue weighted by Gasteiger charge is -2.25. The topological polar surface area (TPSA) is 28.2 Å². The molecule has 0 amide bonds. The van der Waals surface area contributed by atoms with Gasteiger partial charge in [0.25, 0.3) is 0 Å². The predicted octanol–water partition coefficient (Wildman–Crippen LogP) is 2.75. The van der Waals surface area contributed by atoms with Crippen molar-refractivity contribution in [3.63, 3.8) is 0 Å². The van der Waals surface area contributed by atoms with Crippen molar-refractivity contribution in [3.05, 3.63) is 18.5 Å². The lowest BCUT2D eigenvalue weighted by molar-refractivity contribution is 0.678. The van der Waals surface area contributed by atoms with E-state index in [2.05, 4.69) is 21.3 Å². The number of hydrogen-bond donors (Lipinski definition) is 1. The fourth-order valence-corrected chi connectivity index (χ4v) is 2.25. The number of pyridine rings is 1. The van der Waals surface area contributed by atoms with Crippen LogP contribution in [0.25, 0.3) is 0 Å². The molecule has 3 rings (SSSR count).